The Labute approximate surface area is 127 Å². The minimum Gasteiger partial charge on any atom is -0.494 e. The third-order valence-corrected chi connectivity index (χ3v) is 5.00. The van der Waals surface area contributed by atoms with E-state index < -0.39 is 15.8 Å². The van der Waals surface area contributed by atoms with Crippen molar-refractivity contribution in [2.45, 2.75) is 11.8 Å². The van der Waals surface area contributed by atoms with E-state index in [9.17, 15) is 12.8 Å². The number of halogens is 1. The maximum absolute atomic E-state index is 14.2. The molecule has 0 unspecified atom stereocenters. The molecule has 0 aliphatic rings. The van der Waals surface area contributed by atoms with Gasteiger partial charge in [0.2, 0.25) is 0 Å². The van der Waals surface area contributed by atoms with E-state index in [4.69, 9.17) is 4.74 Å². The first-order chi connectivity index (χ1) is 10.4. The zero-order chi connectivity index (χ0) is 15.9. The SMILES string of the molecule is COc1ccc2c(cnn2S(=O)(=O)c2ccc(C)cc2)c1F. The van der Waals surface area contributed by atoms with E-state index in [-0.39, 0.29) is 21.5 Å². The molecule has 7 heteroatoms. The number of rotatable bonds is 3. The van der Waals surface area contributed by atoms with Gasteiger partial charge >= 0.3 is 0 Å². The number of methoxy groups -OCH3 is 1. The van der Waals surface area contributed by atoms with Gasteiger partial charge in [-0.25, -0.2) is 4.39 Å². The third-order valence-electron chi connectivity index (χ3n) is 3.39. The fourth-order valence-electron chi connectivity index (χ4n) is 2.18. The lowest BCUT2D eigenvalue weighted by Crippen LogP contribution is -2.14. The fourth-order valence-corrected chi connectivity index (χ4v) is 3.45. The highest BCUT2D eigenvalue weighted by Crippen LogP contribution is 2.28. The summed E-state index contributed by atoms with van der Waals surface area (Å²) in [6.07, 6.45) is 1.18. The number of aromatic nitrogens is 2. The average molecular weight is 320 g/mol. The van der Waals surface area contributed by atoms with E-state index in [1.807, 2.05) is 6.92 Å². The van der Waals surface area contributed by atoms with Crippen LogP contribution in [0.25, 0.3) is 10.9 Å². The fraction of sp³-hybridized carbons (Fsp3) is 0.133. The normalized spacial score (nSPS) is 11.8. The van der Waals surface area contributed by atoms with Crippen molar-refractivity contribution in [1.29, 1.82) is 0 Å². The van der Waals surface area contributed by atoms with Crippen LogP contribution in [-0.2, 0) is 10.0 Å². The lowest BCUT2D eigenvalue weighted by atomic mass is 10.2. The van der Waals surface area contributed by atoms with Crippen LogP contribution in [0.2, 0.25) is 0 Å². The van der Waals surface area contributed by atoms with E-state index in [0.29, 0.717) is 0 Å². The van der Waals surface area contributed by atoms with Gasteiger partial charge in [0.15, 0.2) is 11.6 Å². The standard InChI is InChI=1S/C15H13FN2O3S/c1-10-3-5-11(6-4-10)22(19,20)18-13-7-8-14(21-2)15(16)12(13)9-17-18/h3-9H,1-2H3. The van der Waals surface area contributed by atoms with E-state index in [1.165, 1.54) is 37.6 Å². The Morgan fingerprint density at radius 2 is 1.82 bits per heavy atom. The first kappa shape index (κ1) is 14.5. The van der Waals surface area contributed by atoms with Gasteiger partial charge in [-0.3, -0.25) is 0 Å². The van der Waals surface area contributed by atoms with Crippen molar-refractivity contribution in [2.75, 3.05) is 7.11 Å². The molecule has 1 heterocycles. The van der Waals surface area contributed by atoms with Crippen molar-refractivity contribution < 1.29 is 17.5 Å². The van der Waals surface area contributed by atoms with Gasteiger partial charge in [-0.15, -0.1) is 0 Å². The van der Waals surface area contributed by atoms with Crippen LogP contribution < -0.4 is 4.74 Å². The molecule has 0 saturated heterocycles. The van der Waals surface area contributed by atoms with Gasteiger partial charge in [-0.1, -0.05) is 17.7 Å². The molecule has 0 saturated carbocycles. The smallest absolute Gasteiger partial charge is 0.283 e. The quantitative estimate of drug-likeness (QED) is 0.744. The third kappa shape index (κ3) is 2.14. The number of benzene rings is 2. The maximum Gasteiger partial charge on any atom is 0.283 e. The number of fused-ring (bicyclic) bond motifs is 1. The van der Waals surface area contributed by atoms with Gasteiger partial charge in [-0.2, -0.15) is 17.6 Å². The molecule has 114 valence electrons. The van der Waals surface area contributed by atoms with E-state index in [0.717, 1.165) is 9.65 Å². The molecular weight excluding hydrogens is 307 g/mol. The molecule has 0 aliphatic heterocycles. The molecule has 2 aromatic carbocycles. The number of nitrogens with zero attached hydrogens (tertiary/aromatic N) is 2. The van der Waals surface area contributed by atoms with Gasteiger partial charge in [-0.05, 0) is 31.2 Å². The lowest BCUT2D eigenvalue weighted by Gasteiger charge is -2.07. The highest BCUT2D eigenvalue weighted by Gasteiger charge is 2.22. The number of aryl methyl sites for hydroxylation is 1. The summed E-state index contributed by atoms with van der Waals surface area (Å²) >= 11 is 0. The summed E-state index contributed by atoms with van der Waals surface area (Å²) in [5.41, 5.74) is 1.11. The van der Waals surface area contributed by atoms with Gasteiger partial charge in [0.25, 0.3) is 10.0 Å². The van der Waals surface area contributed by atoms with E-state index >= 15 is 0 Å². The molecule has 0 spiro atoms. The monoisotopic (exact) mass is 320 g/mol. The second-order valence-electron chi connectivity index (χ2n) is 4.82. The predicted octanol–water partition coefficient (Wildman–Crippen LogP) is 2.73. The maximum atomic E-state index is 14.2. The van der Waals surface area contributed by atoms with Crippen LogP contribution in [0.1, 0.15) is 5.56 Å². The molecule has 3 rings (SSSR count). The minimum absolute atomic E-state index is 0.0415. The van der Waals surface area contributed by atoms with Crippen molar-refractivity contribution in [3.63, 3.8) is 0 Å². The molecule has 22 heavy (non-hydrogen) atoms. The van der Waals surface area contributed by atoms with Crippen LogP contribution in [0.3, 0.4) is 0 Å². The molecule has 0 aliphatic carbocycles. The second-order valence-corrected chi connectivity index (χ2v) is 6.59. The highest BCUT2D eigenvalue weighted by atomic mass is 32.2. The molecule has 3 aromatic rings. The van der Waals surface area contributed by atoms with E-state index in [2.05, 4.69) is 5.10 Å². The molecule has 5 nitrogen and oxygen atoms in total. The van der Waals surface area contributed by atoms with Gasteiger partial charge in [0.05, 0.1) is 29.1 Å². The lowest BCUT2D eigenvalue weighted by molar-refractivity contribution is 0.389. The van der Waals surface area contributed by atoms with Crippen LogP contribution in [-0.4, -0.2) is 24.7 Å². The predicted molar refractivity (Wildman–Crippen MR) is 80.0 cm³/mol. The Kier molecular flexibility index (Phi) is 3.37. The zero-order valence-corrected chi connectivity index (χ0v) is 12.8. The molecular formula is C15H13FN2O3S. The Morgan fingerprint density at radius 1 is 1.14 bits per heavy atom. The van der Waals surface area contributed by atoms with Gasteiger partial charge in [0.1, 0.15) is 0 Å². The summed E-state index contributed by atoms with van der Waals surface area (Å²) in [5.74, 6) is -0.592. The van der Waals surface area contributed by atoms with Crippen LogP contribution in [0.5, 0.6) is 5.75 Å². The Hall–Kier alpha value is -2.41. The van der Waals surface area contributed by atoms with Gasteiger partial charge in [0, 0.05) is 0 Å². The molecule has 0 fully saturated rings. The molecule has 0 radical (unpaired) electrons. The summed E-state index contributed by atoms with van der Waals surface area (Å²) in [4.78, 5) is 0.0966. The second kappa shape index (κ2) is 5.10. The number of hydrogen-bond acceptors (Lipinski definition) is 4. The van der Waals surface area contributed by atoms with Gasteiger partial charge < -0.3 is 4.74 Å². The average Bonchev–Trinajstić information content (AvgIpc) is 2.94. The summed E-state index contributed by atoms with van der Waals surface area (Å²) in [6.45, 7) is 1.86. The first-order valence-electron chi connectivity index (χ1n) is 6.47. The van der Waals surface area contributed by atoms with Crippen molar-refractivity contribution >= 4 is 20.9 Å². The molecule has 0 N–H and O–H groups in total. The van der Waals surface area contributed by atoms with Crippen LogP contribution in [0, 0.1) is 12.7 Å². The topological polar surface area (TPSA) is 61.2 Å². The highest BCUT2D eigenvalue weighted by molar-refractivity contribution is 7.90. The van der Waals surface area contributed by atoms with Crippen molar-refractivity contribution in [3.8, 4) is 5.75 Å². The Balaban J connectivity index is 2.22. The number of ether oxygens (including phenoxy) is 1. The summed E-state index contributed by atoms with van der Waals surface area (Å²) in [5, 5.41) is 3.93. The first-order valence-corrected chi connectivity index (χ1v) is 7.91. The molecule has 0 atom stereocenters. The Bertz CT molecular complexity index is 947. The van der Waals surface area contributed by atoms with Crippen LogP contribution in [0.15, 0.2) is 47.5 Å². The van der Waals surface area contributed by atoms with Crippen molar-refractivity contribution in [1.82, 2.24) is 9.19 Å². The van der Waals surface area contributed by atoms with Crippen molar-refractivity contribution in [2.24, 2.45) is 0 Å². The van der Waals surface area contributed by atoms with E-state index in [1.54, 1.807) is 12.1 Å². The largest absolute Gasteiger partial charge is 0.494 e. The Morgan fingerprint density at radius 3 is 2.45 bits per heavy atom. The molecule has 0 amide bonds. The summed E-state index contributed by atoms with van der Waals surface area (Å²) in [7, 11) is -2.53. The summed E-state index contributed by atoms with van der Waals surface area (Å²) in [6, 6.07) is 9.23. The minimum atomic E-state index is -3.88. The molecule has 1 aromatic heterocycles. The zero-order valence-electron chi connectivity index (χ0n) is 11.9. The number of hydrogen-bond donors (Lipinski definition) is 0. The van der Waals surface area contributed by atoms with Crippen LogP contribution in [0.4, 0.5) is 4.39 Å². The molecule has 0 bridgehead atoms. The van der Waals surface area contributed by atoms with Crippen LogP contribution >= 0.6 is 0 Å². The summed E-state index contributed by atoms with van der Waals surface area (Å²) < 4.78 is 45.1. The van der Waals surface area contributed by atoms with Crippen molar-refractivity contribution in [3.05, 3.63) is 54.0 Å².